The molecule has 168 valence electrons. The Balaban J connectivity index is 2.03. The van der Waals surface area contributed by atoms with Crippen LogP contribution in [0.3, 0.4) is 0 Å². The lowest BCUT2D eigenvalue weighted by molar-refractivity contribution is -0.125. The van der Waals surface area contributed by atoms with Crippen LogP contribution in [0, 0.1) is 11.8 Å². The first-order valence-corrected chi connectivity index (χ1v) is 10.9. The third kappa shape index (κ3) is 6.08. The lowest BCUT2D eigenvalue weighted by atomic mass is 9.87. The van der Waals surface area contributed by atoms with E-state index in [4.69, 9.17) is 0 Å². The van der Waals surface area contributed by atoms with Crippen molar-refractivity contribution >= 4 is 17.5 Å². The molecule has 0 aliphatic rings. The Kier molecular flexibility index (Phi) is 7.63. The number of nitrogens with zero attached hydrogens (tertiary/aromatic N) is 2. The fourth-order valence-corrected chi connectivity index (χ4v) is 3.51. The van der Waals surface area contributed by atoms with Crippen LogP contribution >= 0.6 is 0 Å². The molecule has 1 N–H and O–H groups in total. The highest BCUT2D eigenvalue weighted by atomic mass is 16.2. The fraction of sp³-hybridized carbons (Fsp3) is 0.250. The highest BCUT2D eigenvalue weighted by Crippen LogP contribution is 2.30. The van der Waals surface area contributed by atoms with Crippen molar-refractivity contribution in [2.75, 3.05) is 4.90 Å². The minimum absolute atomic E-state index is 0.0353. The van der Waals surface area contributed by atoms with Gasteiger partial charge in [-0.25, -0.2) is 0 Å². The molecule has 3 rings (SSSR count). The molecule has 5 nitrogen and oxygen atoms in total. The predicted molar refractivity (Wildman–Crippen MR) is 131 cm³/mol. The van der Waals surface area contributed by atoms with Gasteiger partial charge in [0.25, 0.3) is 0 Å². The maximum atomic E-state index is 13.5. The van der Waals surface area contributed by atoms with Crippen LogP contribution < -0.4 is 10.2 Å². The molecule has 0 radical (unpaired) electrons. The van der Waals surface area contributed by atoms with Crippen molar-refractivity contribution in [3.63, 3.8) is 0 Å². The molecule has 0 fully saturated rings. The van der Waals surface area contributed by atoms with E-state index in [1.807, 2.05) is 54.6 Å². The lowest BCUT2D eigenvalue weighted by Gasteiger charge is -2.30. The normalized spacial score (nSPS) is 11.6. The van der Waals surface area contributed by atoms with Gasteiger partial charge in [0, 0.05) is 30.2 Å². The molecule has 1 heterocycles. The third-order valence-electron chi connectivity index (χ3n) is 5.28. The van der Waals surface area contributed by atoms with Gasteiger partial charge in [0.1, 0.15) is 6.04 Å². The second-order valence-corrected chi connectivity index (χ2v) is 8.74. The van der Waals surface area contributed by atoms with Gasteiger partial charge in [-0.2, -0.15) is 0 Å². The first kappa shape index (κ1) is 23.7. The number of anilines is 1. The number of carbonyl (C=O) groups excluding carboxylic acids is 2. The minimum Gasteiger partial charge on any atom is -0.350 e. The summed E-state index contributed by atoms with van der Waals surface area (Å²) in [4.78, 5) is 32.3. The number of carbonyl (C=O) groups is 2. The van der Waals surface area contributed by atoms with E-state index in [1.54, 1.807) is 31.5 Å². The molecule has 0 spiro atoms. The van der Waals surface area contributed by atoms with Gasteiger partial charge in [-0.15, -0.1) is 0 Å². The monoisotopic (exact) mass is 439 g/mol. The Morgan fingerprint density at radius 3 is 2.27 bits per heavy atom. The van der Waals surface area contributed by atoms with Crippen molar-refractivity contribution in [2.24, 2.45) is 0 Å². The lowest BCUT2D eigenvalue weighted by Crippen LogP contribution is -2.43. The SMILES string of the molecule is CC#CC(=O)N(c1ccc(C(C)(C)C)cc1)C(C(=O)NCc1ccccc1)c1cccnc1. The predicted octanol–water partition coefficient (Wildman–Crippen LogP) is 4.79. The van der Waals surface area contributed by atoms with E-state index < -0.39 is 11.9 Å². The summed E-state index contributed by atoms with van der Waals surface area (Å²) < 4.78 is 0. The van der Waals surface area contributed by atoms with E-state index >= 15 is 0 Å². The number of hydrogen-bond donors (Lipinski definition) is 1. The molecule has 0 bridgehead atoms. The Bertz CT molecular complexity index is 1140. The molecule has 1 unspecified atom stereocenters. The van der Waals surface area contributed by atoms with Crippen LogP contribution in [0.1, 0.15) is 50.4 Å². The number of nitrogens with one attached hydrogen (secondary N) is 1. The van der Waals surface area contributed by atoms with E-state index in [2.05, 4.69) is 42.9 Å². The van der Waals surface area contributed by atoms with E-state index in [0.29, 0.717) is 17.8 Å². The number of rotatable bonds is 6. The molecule has 5 heteroatoms. The summed E-state index contributed by atoms with van der Waals surface area (Å²) in [6.07, 6.45) is 3.24. The summed E-state index contributed by atoms with van der Waals surface area (Å²) >= 11 is 0. The maximum absolute atomic E-state index is 13.5. The summed E-state index contributed by atoms with van der Waals surface area (Å²) in [5.41, 5.74) is 3.27. The summed E-state index contributed by atoms with van der Waals surface area (Å²) in [6.45, 7) is 8.34. The largest absolute Gasteiger partial charge is 0.350 e. The van der Waals surface area contributed by atoms with Crippen LogP contribution in [0.4, 0.5) is 5.69 Å². The van der Waals surface area contributed by atoms with Gasteiger partial charge in [-0.05, 0) is 47.6 Å². The van der Waals surface area contributed by atoms with E-state index in [0.717, 1.165) is 11.1 Å². The molecular formula is C28H29N3O2. The van der Waals surface area contributed by atoms with Gasteiger partial charge in [0.2, 0.25) is 5.91 Å². The first-order chi connectivity index (χ1) is 15.8. The smallest absolute Gasteiger partial charge is 0.303 e. The van der Waals surface area contributed by atoms with Crippen LogP contribution in [-0.2, 0) is 21.5 Å². The molecule has 33 heavy (non-hydrogen) atoms. The first-order valence-electron chi connectivity index (χ1n) is 10.9. The van der Waals surface area contributed by atoms with Gasteiger partial charge < -0.3 is 5.32 Å². The topological polar surface area (TPSA) is 62.3 Å². The molecule has 0 saturated carbocycles. The minimum atomic E-state index is -0.920. The Hall–Kier alpha value is -3.91. The molecule has 0 saturated heterocycles. The van der Waals surface area contributed by atoms with Gasteiger partial charge in [0.15, 0.2) is 0 Å². The third-order valence-corrected chi connectivity index (χ3v) is 5.28. The maximum Gasteiger partial charge on any atom is 0.303 e. The van der Waals surface area contributed by atoms with Gasteiger partial charge in [-0.1, -0.05) is 75.2 Å². The molecular weight excluding hydrogens is 410 g/mol. The van der Waals surface area contributed by atoms with Crippen LogP contribution in [0.15, 0.2) is 79.1 Å². The average Bonchev–Trinajstić information content (AvgIpc) is 2.82. The van der Waals surface area contributed by atoms with Gasteiger partial charge in [-0.3, -0.25) is 19.5 Å². The van der Waals surface area contributed by atoms with E-state index in [1.165, 1.54) is 4.90 Å². The summed E-state index contributed by atoms with van der Waals surface area (Å²) in [6, 6.07) is 20.0. The molecule has 3 aromatic rings. The standard InChI is InChI=1S/C28H29N3O2/c1-5-10-25(32)31(24-16-14-23(15-17-24)28(2,3)4)26(22-13-9-18-29-20-22)27(33)30-19-21-11-7-6-8-12-21/h6-9,11-18,20,26H,19H2,1-4H3,(H,30,33). The summed E-state index contributed by atoms with van der Waals surface area (Å²) in [5, 5.41) is 2.97. The number of pyridine rings is 1. The fourth-order valence-electron chi connectivity index (χ4n) is 3.51. The highest BCUT2D eigenvalue weighted by molar-refractivity contribution is 6.09. The van der Waals surface area contributed by atoms with Crippen LogP contribution in [-0.4, -0.2) is 16.8 Å². The quantitative estimate of drug-likeness (QED) is 0.562. The Labute approximate surface area is 195 Å². The number of benzene rings is 2. The van der Waals surface area contributed by atoms with Crippen LogP contribution in [0.25, 0.3) is 0 Å². The van der Waals surface area contributed by atoms with Crippen LogP contribution in [0.5, 0.6) is 0 Å². The summed E-state index contributed by atoms with van der Waals surface area (Å²) in [7, 11) is 0. The zero-order valence-electron chi connectivity index (χ0n) is 19.5. The zero-order chi connectivity index (χ0) is 23.8. The van der Waals surface area contributed by atoms with Crippen molar-refractivity contribution in [1.29, 1.82) is 0 Å². The number of amides is 2. The van der Waals surface area contributed by atoms with E-state index in [9.17, 15) is 9.59 Å². The molecule has 2 aromatic carbocycles. The molecule has 2 amide bonds. The average molecular weight is 440 g/mol. The second kappa shape index (κ2) is 10.6. The highest BCUT2D eigenvalue weighted by Gasteiger charge is 2.32. The Morgan fingerprint density at radius 2 is 1.70 bits per heavy atom. The Morgan fingerprint density at radius 1 is 1.00 bits per heavy atom. The van der Waals surface area contributed by atoms with Crippen molar-refractivity contribution in [2.45, 2.75) is 45.7 Å². The van der Waals surface area contributed by atoms with Crippen LogP contribution in [0.2, 0.25) is 0 Å². The number of aromatic nitrogens is 1. The second-order valence-electron chi connectivity index (χ2n) is 8.74. The molecule has 1 atom stereocenters. The zero-order valence-corrected chi connectivity index (χ0v) is 19.5. The van der Waals surface area contributed by atoms with Crippen molar-refractivity contribution in [1.82, 2.24) is 10.3 Å². The van der Waals surface area contributed by atoms with Crippen molar-refractivity contribution in [3.05, 3.63) is 95.8 Å². The molecule has 1 aromatic heterocycles. The van der Waals surface area contributed by atoms with Gasteiger partial charge in [0.05, 0.1) is 0 Å². The van der Waals surface area contributed by atoms with Crippen molar-refractivity contribution in [3.8, 4) is 11.8 Å². The van der Waals surface area contributed by atoms with Gasteiger partial charge >= 0.3 is 5.91 Å². The van der Waals surface area contributed by atoms with E-state index in [-0.39, 0.29) is 11.3 Å². The molecule has 0 aliphatic carbocycles. The number of hydrogen-bond acceptors (Lipinski definition) is 3. The van der Waals surface area contributed by atoms with Crippen molar-refractivity contribution < 1.29 is 9.59 Å². The molecule has 0 aliphatic heterocycles. The summed E-state index contributed by atoms with van der Waals surface area (Å²) in [5.74, 6) is 4.51.